The smallest absolute Gasteiger partial charge is 0.227 e. The van der Waals surface area contributed by atoms with Crippen LogP contribution in [-0.2, 0) is 20.8 Å². The molecule has 0 spiro atoms. The Bertz CT molecular complexity index is 556. The number of nitrogens with one attached hydrogen (secondary N) is 1. The quantitative estimate of drug-likeness (QED) is 0.798. The van der Waals surface area contributed by atoms with Crippen molar-refractivity contribution in [2.24, 2.45) is 11.7 Å². The van der Waals surface area contributed by atoms with Crippen LogP contribution in [0.25, 0.3) is 0 Å². The first-order valence-electron chi connectivity index (χ1n) is 6.40. The van der Waals surface area contributed by atoms with Gasteiger partial charge in [0.2, 0.25) is 17.7 Å². The van der Waals surface area contributed by atoms with Crippen molar-refractivity contribution in [1.29, 1.82) is 0 Å². The summed E-state index contributed by atoms with van der Waals surface area (Å²) in [5.74, 6) is -1.11. The van der Waals surface area contributed by atoms with Gasteiger partial charge >= 0.3 is 0 Å². The fourth-order valence-electron chi connectivity index (χ4n) is 2.26. The third kappa shape index (κ3) is 2.96. The fourth-order valence-corrected chi connectivity index (χ4v) is 2.26. The van der Waals surface area contributed by atoms with E-state index < -0.39 is 11.8 Å². The zero-order valence-corrected chi connectivity index (χ0v) is 11.3. The molecule has 3 N–H and O–H groups in total. The van der Waals surface area contributed by atoms with E-state index in [2.05, 4.69) is 5.32 Å². The van der Waals surface area contributed by atoms with E-state index in [4.69, 9.17) is 5.73 Å². The SMILES string of the molecule is CNC(=O)Cc1cccc(N2CC(C(N)=O)CC2=O)c1. The number of benzene rings is 1. The largest absolute Gasteiger partial charge is 0.369 e. The number of anilines is 1. The van der Waals surface area contributed by atoms with E-state index in [9.17, 15) is 14.4 Å². The molecule has 0 radical (unpaired) electrons. The molecule has 1 aliphatic heterocycles. The lowest BCUT2D eigenvalue weighted by atomic mass is 10.1. The average molecular weight is 275 g/mol. The van der Waals surface area contributed by atoms with Crippen LogP contribution >= 0.6 is 0 Å². The van der Waals surface area contributed by atoms with Crippen LogP contribution in [0.3, 0.4) is 0 Å². The van der Waals surface area contributed by atoms with E-state index in [0.717, 1.165) is 5.56 Å². The highest BCUT2D eigenvalue weighted by atomic mass is 16.2. The van der Waals surface area contributed by atoms with Crippen molar-refractivity contribution in [2.75, 3.05) is 18.5 Å². The molecule has 1 heterocycles. The molecule has 1 aliphatic rings. The molecule has 1 fully saturated rings. The van der Waals surface area contributed by atoms with Crippen molar-refractivity contribution in [3.05, 3.63) is 29.8 Å². The predicted molar refractivity (Wildman–Crippen MR) is 73.9 cm³/mol. The molecule has 1 unspecified atom stereocenters. The number of carbonyl (C=O) groups excluding carboxylic acids is 3. The molecule has 2 rings (SSSR count). The van der Waals surface area contributed by atoms with Crippen molar-refractivity contribution >= 4 is 23.4 Å². The predicted octanol–water partition coefficient (Wildman–Crippen LogP) is -0.187. The Balaban J connectivity index is 2.17. The van der Waals surface area contributed by atoms with E-state index in [1.165, 1.54) is 0 Å². The van der Waals surface area contributed by atoms with E-state index in [1.807, 2.05) is 6.07 Å². The summed E-state index contributed by atoms with van der Waals surface area (Å²) in [6.07, 6.45) is 0.403. The van der Waals surface area contributed by atoms with Gasteiger partial charge in [0.15, 0.2) is 0 Å². The van der Waals surface area contributed by atoms with E-state index >= 15 is 0 Å². The van der Waals surface area contributed by atoms with Crippen molar-refractivity contribution in [1.82, 2.24) is 5.32 Å². The maximum Gasteiger partial charge on any atom is 0.227 e. The Morgan fingerprint density at radius 2 is 2.20 bits per heavy atom. The molecular weight excluding hydrogens is 258 g/mol. The maximum absolute atomic E-state index is 11.9. The molecule has 3 amide bonds. The number of rotatable bonds is 4. The number of carbonyl (C=O) groups is 3. The number of primary amides is 1. The molecule has 0 aromatic heterocycles. The Kier molecular flexibility index (Phi) is 4.02. The molecule has 1 saturated heterocycles. The minimum Gasteiger partial charge on any atom is -0.369 e. The first-order chi connectivity index (χ1) is 9.51. The lowest BCUT2D eigenvalue weighted by Gasteiger charge is -2.17. The van der Waals surface area contributed by atoms with E-state index in [-0.39, 0.29) is 24.7 Å². The van der Waals surface area contributed by atoms with Crippen LogP contribution in [0.2, 0.25) is 0 Å². The Labute approximate surface area is 116 Å². The summed E-state index contributed by atoms with van der Waals surface area (Å²) in [5.41, 5.74) is 6.75. The van der Waals surface area contributed by atoms with Crippen molar-refractivity contribution in [3.63, 3.8) is 0 Å². The van der Waals surface area contributed by atoms with Gasteiger partial charge in [0, 0.05) is 25.7 Å². The highest BCUT2D eigenvalue weighted by Crippen LogP contribution is 2.25. The van der Waals surface area contributed by atoms with Gasteiger partial charge in [0.05, 0.1) is 12.3 Å². The monoisotopic (exact) mass is 275 g/mol. The van der Waals surface area contributed by atoms with Crippen LogP contribution in [0, 0.1) is 5.92 Å². The highest BCUT2D eigenvalue weighted by Gasteiger charge is 2.33. The molecule has 20 heavy (non-hydrogen) atoms. The molecule has 106 valence electrons. The van der Waals surface area contributed by atoms with Crippen LogP contribution in [0.15, 0.2) is 24.3 Å². The summed E-state index contributed by atoms with van der Waals surface area (Å²) in [6.45, 7) is 0.303. The van der Waals surface area contributed by atoms with Gasteiger partial charge < -0.3 is 16.0 Å². The lowest BCUT2D eigenvalue weighted by Crippen LogP contribution is -2.28. The number of amides is 3. The third-order valence-corrected chi connectivity index (χ3v) is 3.39. The normalized spacial score (nSPS) is 18.1. The molecule has 6 nitrogen and oxygen atoms in total. The Hall–Kier alpha value is -2.37. The summed E-state index contributed by atoms with van der Waals surface area (Å²) in [7, 11) is 1.58. The number of hydrogen-bond donors (Lipinski definition) is 2. The van der Waals surface area contributed by atoms with Crippen LogP contribution in [0.5, 0.6) is 0 Å². The highest BCUT2D eigenvalue weighted by molar-refractivity contribution is 6.00. The summed E-state index contributed by atoms with van der Waals surface area (Å²) in [5, 5.41) is 2.55. The minimum absolute atomic E-state index is 0.0927. The molecule has 0 saturated carbocycles. The van der Waals surface area contributed by atoms with Gasteiger partial charge in [-0.05, 0) is 17.7 Å². The van der Waals surface area contributed by atoms with Gasteiger partial charge in [-0.15, -0.1) is 0 Å². The third-order valence-electron chi connectivity index (χ3n) is 3.39. The van der Waals surface area contributed by atoms with Crippen molar-refractivity contribution in [2.45, 2.75) is 12.8 Å². The van der Waals surface area contributed by atoms with Crippen LogP contribution < -0.4 is 16.0 Å². The molecule has 0 bridgehead atoms. The van der Waals surface area contributed by atoms with Crippen LogP contribution in [0.4, 0.5) is 5.69 Å². The van der Waals surface area contributed by atoms with E-state index in [1.54, 1.807) is 30.1 Å². The Morgan fingerprint density at radius 3 is 2.80 bits per heavy atom. The average Bonchev–Trinajstić information content (AvgIpc) is 2.81. The van der Waals surface area contributed by atoms with E-state index in [0.29, 0.717) is 12.2 Å². The lowest BCUT2D eigenvalue weighted by molar-refractivity contribution is -0.123. The summed E-state index contributed by atoms with van der Waals surface area (Å²) in [6, 6.07) is 7.19. The summed E-state index contributed by atoms with van der Waals surface area (Å²) < 4.78 is 0. The molecule has 6 heteroatoms. The van der Waals surface area contributed by atoms with Gasteiger partial charge in [-0.1, -0.05) is 12.1 Å². The second-order valence-corrected chi connectivity index (χ2v) is 4.83. The number of nitrogens with two attached hydrogens (primary N) is 1. The Morgan fingerprint density at radius 1 is 1.45 bits per heavy atom. The molecule has 1 aromatic rings. The van der Waals surface area contributed by atoms with Crippen molar-refractivity contribution in [3.8, 4) is 0 Å². The molecule has 1 aromatic carbocycles. The molecule has 1 atom stereocenters. The zero-order chi connectivity index (χ0) is 14.7. The zero-order valence-electron chi connectivity index (χ0n) is 11.3. The minimum atomic E-state index is -0.456. The first-order valence-corrected chi connectivity index (χ1v) is 6.40. The van der Waals surface area contributed by atoms with Gasteiger partial charge in [0.25, 0.3) is 0 Å². The van der Waals surface area contributed by atoms with Gasteiger partial charge in [-0.2, -0.15) is 0 Å². The molecular formula is C14H17N3O3. The van der Waals surface area contributed by atoms with Gasteiger partial charge in [0.1, 0.15) is 0 Å². The summed E-state index contributed by atoms with van der Waals surface area (Å²) in [4.78, 5) is 36.0. The summed E-state index contributed by atoms with van der Waals surface area (Å²) >= 11 is 0. The van der Waals surface area contributed by atoms with Gasteiger partial charge in [-0.25, -0.2) is 0 Å². The van der Waals surface area contributed by atoms with Crippen LogP contribution in [0.1, 0.15) is 12.0 Å². The second kappa shape index (κ2) is 5.73. The van der Waals surface area contributed by atoms with Gasteiger partial charge in [-0.3, -0.25) is 14.4 Å². The molecule has 0 aliphatic carbocycles. The number of nitrogens with zero attached hydrogens (tertiary/aromatic N) is 1. The second-order valence-electron chi connectivity index (χ2n) is 4.83. The number of likely N-dealkylation sites (N-methyl/N-ethyl adjacent to an activating group) is 1. The standard InChI is InChI=1S/C14H17N3O3/c1-16-12(18)6-9-3-2-4-11(5-9)17-8-10(14(15)20)7-13(17)19/h2-5,10H,6-8H2,1H3,(H2,15,20)(H,16,18). The number of hydrogen-bond acceptors (Lipinski definition) is 3. The fraction of sp³-hybridized carbons (Fsp3) is 0.357. The maximum atomic E-state index is 11.9. The van der Waals surface area contributed by atoms with Crippen LogP contribution in [-0.4, -0.2) is 31.3 Å². The topological polar surface area (TPSA) is 92.5 Å². The van der Waals surface area contributed by atoms with Crippen molar-refractivity contribution < 1.29 is 14.4 Å². The first kappa shape index (κ1) is 14.0.